The Bertz CT molecular complexity index is 1670. The molecular weight excluding hydrogens is 425 g/mol. The van der Waals surface area contributed by atoms with Crippen LogP contribution in [0.5, 0.6) is 0 Å². The van der Waals surface area contributed by atoms with Gasteiger partial charge >= 0.3 is 0 Å². The number of aromatic nitrogens is 2. The summed E-state index contributed by atoms with van der Waals surface area (Å²) in [7, 11) is 0. The number of anilines is 1. The van der Waals surface area contributed by atoms with Gasteiger partial charge in [-0.25, -0.2) is 9.37 Å². The van der Waals surface area contributed by atoms with E-state index < -0.39 is 17.3 Å². The van der Waals surface area contributed by atoms with Gasteiger partial charge in [0.25, 0.3) is 11.5 Å². The van der Waals surface area contributed by atoms with Gasteiger partial charge in [-0.05, 0) is 25.1 Å². The number of carbonyl (C=O) groups is 1. The smallest absolute Gasteiger partial charge is 0.259 e. The number of nitrogens with zero attached hydrogens (tertiary/aromatic N) is 1. The summed E-state index contributed by atoms with van der Waals surface area (Å²) in [6, 6.07) is 16.0. The van der Waals surface area contributed by atoms with Crippen LogP contribution in [0.4, 0.5) is 10.1 Å². The molecule has 33 heavy (non-hydrogen) atoms. The first-order chi connectivity index (χ1) is 15.9. The minimum absolute atomic E-state index is 0.0568. The van der Waals surface area contributed by atoms with Crippen LogP contribution in [0.15, 0.2) is 81.0 Å². The summed E-state index contributed by atoms with van der Waals surface area (Å²) in [5, 5.41) is 2.84. The average molecular weight is 441 g/mol. The summed E-state index contributed by atoms with van der Waals surface area (Å²) < 4.78 is 20.7. The zero-order chi connectivity index (χ0) is 23.1. The summed E-state index contributed by atoms with van der Waals surface area (Å²) in [6.07, 6.45) is 1.17. The molecule has 8 heteroatoms. The van der Waals surface area contributed by atoms with Crippen molar-refractivity contribution in [3.63, 3.8) is 0 Å². The molecule has 0 aliphatic rings. The SMILES string of the molecule is Cc1c(-c2ccccc2)oc2c(C(=O)Nc3cc4c(=O)[nH]cnc4cc3F)cccc2c1=O. The van der Waals surface area contributed by atoms with Crippen LogP contribution < -0.4 is 16.3 Å². The molecule has 0 spiro atoms. The highest BCUT2D eigenvalue weighted by molar-refractivity contribution is 6.12. The highest BCUT2D eigenvalue weighted by Crippen LogP contribution is 2.28. The highest BCUT2D eigenvalue weighted by atomic mass is 19.1. The number of para-hydroxylation sites is 1. The van der Waals surface area contributed by atoms with Gasteiger partial charge in [-0.15, -0.1) is 0 Å². The van der Waals surface area contributed by atoms with Crippen LogP contribution in [0, 0.1) is 12.7 Å². The Morgan fingerprint density at radius 2 is 1.82 bits per heavy atom. The lowest BCUT2D eigenvalue weighted by molar-refractivity contribution is 0.102. The van der Waals surface area contributed by atoms with Crippen molar-refractivity contribution in [2.75, 3.05) is 5.32 Å². The first-order valence-electron chi connectivity index (χ1n) is 10.0. The lowest BCUT2D eigenvalue weighted by Gasteiger charge is -2.11. The van der Waals surface area contributed by atoms with Crippen molar-refractivity contribution in [1.82, 2.24) is 9.97 Å². The quantitative estimate of drug-likeness (QED) is 0.432. The lowest BCUT2D eigenvalue weighted by atomic mass is 10.0. The Morgan fingerprint density at radius 3 is 2.61 bits per heavy atom. The van der Waals surface area contributed by atoms with E-state index in [1.54, 1.807) is 31.2 Å². The van der Waals surface area contributed by atoms with E-state index in [0.717, 1.165) is 6.07 Å². The third-order valence-electron chi connectivity index (χ3n) is 5.40. The highest BCUT2D eigenvalue weighted by Gasteiger charge is 2.20. The van der Waals surface area contributed by atoms with Crippen LogP contribution in [0.25, 0.3) is 33.2 Å². The fourth-order valence-electron chi connectivity index (χ4n) is 3.73. The Morgan fingerprint density at radius 1 is 1.03 bits per heavy atom. The number of carbonyl (C=O) groups excluding carboxylic acids is 1. The topological polar surface area (TPSA) is 105 Å². The lowest BCUT2D eigenvalue weighted by Crippen LogP contribution is -2.16. The second-order valence-corrected chi connectivity index (χ2v) is 7.47. The Hall–Kier alpha value is -4.59. The molecule has 5 aromatic rings. The van der Waals surface area contributed by atoms with Crippen molar-refractivity contribution >= 4 is 33.5 Å². The van der Waals surface area contributed by atoms with Crippen LogP contribution in [0.3, 0.4) is 0 Å². The fraction of sp³-hybridized carbons (Fsp3) is 0.0400. The van der Waals surface area contributed by atoms with E-state index in [1.807, 2.05) is 18.2 Å². The Balaban J connectivity index is 1.64. The van der Waals surface area contributed by atoms with Gasteiger partial charge in [0.2, 0.25) is 0 Å². The van der Waals surface area contributed by atoms with Crippen LogP contribution in [-0.4, -0.2) is 15.9 Å². The third-order valence-corrected chi connectivity index (χ3v) is 5.40. The molecule has 3 aromatic carbocycles. The predicted octanol–water partition coefficient (Wildman–Crippen LogP) is 4.40. The third kappa shape index (κ3) is 3.47. The fourth-order valence-corrected chi connectivity index (χ4v) is 3.73. The number of H-pyrrole nitrogens is 1. The Kier molecular flexibility index (Phi) is 4.82. The van der Waals surface area contributed by atoms with Crippen LogP contribution in [0.1, 0.15) is 15.9 Å². The first kappa shape index (κ1) is 20.3. The van der Waals surface area contributed by atoms with Gasteiger partial charge in [-0.2, -0.15) is 0 Å². The van der Waals surface area contributed by atoms with Gasteiger partial charge in [0, 0.05) is 17.2 Å². The standard InChI is InChI=1S/C25H16FN3O4/c1-13-21(30)15-8-5-9-16(23(15)33-22(13)14-6-3-2-4-7-14)25(32)29-20-10-17-19(11-18(20)26)27-12-28-24(17)31/h2-12H,1H3,(H,29,32)(H,27,28,31). The summed E-state index contributed by atoms with van der Waals surface area (Å²) in [5.41, 5.74) is 0.490. The number of hydrogen-bond donors (Lipinski definition) is 2. The van der Waals surface area contributed by atoms with E-state index in [-0.39, 0.29) is 38.6 Å². The minimum Gasteiger partial charge on any atom is -0.455 e. The number of amides is 1. The number of aromatic amines is 1. The van der Waals surface area contributed by atoms with E-state index >= 15 is 0 Å². The van der Waals surface area contributed by atoms with Gasteiger partial charge in [-0.1, -0.05) is 36.4 Å². The van der Waals surface area contributed by atoms with Gasteiger partial charge < -0.3 is 14.7 Å². The van der Waals surface area contributed by atoms with E-state index in [0.29, 0.717) is 16.9 Å². The number of fused-ring (bicyclic) bond motifs is 2. The van der Waals surface area contributed by atoms with Crippen molar-refractivity contribution in [2.45, 2.75) is 6.92 Å². The molecule has 0 saturated heterocycles. The molecule has 2 aromatic heterocycles. The molecule has 0 unspecified atom stereocenters. The van der Waals surface area contributed by atoms with Crippen LogP contribution >= 0.6 is 0 Å². The molecule has 0 aliphatic heterocycles. The second-order valence-electron chi connectivity index (χ2n) is 7.47. The first-order valence-corrected chi connectivity index (χ1v) is 10.0. The molecule has 1 amide bonds. The number of halogens is 1. The number of nitrogens with one attached hydrogen (secondary N) is 2. The molecule has 2 N–H and O–H groups in total. The predicted molar refractivity (Wildman–Crippen MR) is 123 cm³/mol. The van der Waals surface area contributed by atoms with E-state index in [4.69, 9.17) is 4.42 Å². The number of hydrogen-bond acceptors (Lipinski definition) is 5. The van der Waals surface area contributed by atoms with Gasteiger partial charge in [0.05, 0.1) is 33.9 Å². The summed E-state index contributed by atoms with van der Waals surface area (Å²) in [5.74, 6) is -1.09. The van der Waals surface area contributed by atoms with E-state index in [1.165, 1.54) is 18.5 Å². The summed E-state index contributed by atoms with van der Waals surface area (Å²) in [6.45, 7) is 1.66. The van der Waals surface area contributed by atoms with Gasteiger partial charge in [0.1, 0.15) is 11.6 Å². The molecule has 162 valence electrons. The molecule has 0 aliphatic carbocycles. The summed E-state index contributed by atoms with van der Waals surface area (Å²) >= 11 is 0. The maximum Gasteiger partial charge on any atom is 0.259 e. The average Bonchev–Trinajstić information content (AvgIpc) is 2.82. The number of benzene rings is 3. The van der Waals surface area contributed by atoms with E-state index in [9.17, 15) is 18.8 Å². The van der Waals surface area contributed by atoms with Crippen molar-refractivity contribution in [3.05, 3.63) is 105 Å². The molecular formula is C25H16FN3O4. The van der Waals surface area contributed by atoms with E-state index in [2.05, 4.69) is 15.3 Å². The zero-order valence-corrected chi connectivity index (χ0v) is 17.3. The molecule has 2 heterocycles. The maximum absolute atomic E-state index is 14.6. The molecule has 7 nitrogen and oxygen atoms in total. The van der Waals surface area contributed by atoms with Gasteiger partial charge in [0.15, 0.2) is 11.0 Å². The van der Waals surface area contributed by atoms with Gasteiger partial charge in [-0.3, -0.25) is 14.4 Å². The van der Waals surface area contributed by atoms with Crippen molar-refractivity contribution in [1.29, 1.82) is 0 Å². The Labute approximate surface area is 185 Å². The maximum atomic E-state index is 14.6. The van der Waals surface area contributed by atoms with Crippen LogP contribution in [0.2, 0.25) is 0 Å². The molecule has 0 atom stereocenters. The minimum atomic E-state index is -0.753. The largest absolute Gasteiger partial charge is 0.455 e. The van der Waals surface area contributed by atoms with Crippen molar-refractivity contribution < 1.29 is 13.6 Å². The van der Waals surface area contributed by atoms with Crippen molar-refractivity contribution in [3.8, 4) is 11.3 Å². The molecule has 5 rings (SSSR count). The molecule has 0 saturated carbocycles. The monoisotopic (exact) mass is 441 g/mol. The molecule has 0 bridgehead atoms. The number of rotatable bonds is 3. The van der Waals surface area contributed by atoms with Crippen molar-refractivity contribution in [2.24, 2.45) is 0 Å². The zero-order valence-electron chi connectivity index (χ0n) is 17.3. The molecule has 0 fully saturated rings. The molecule has 0 radical (unpaired) electrons. The van der Waals surface area contributed by atoms with Crippen LogP contribution in [-0.2, 0) is 0 Å². The normalized spacial score (nSPS) is 11.1. The summed E-state index contributed by atoms with van der Waals surface area (Å²) in [4.78, 5) is 44.5. The second kappa shape index (κ2) is 7.83.